The van der Waals surface area contributed by atoms with Crippen LogP contribution >= 0.6 is 7.26 Å². The summed E-state index contributed by atoms with van der Waals surface area (Å²) in [5.74, 6) is 0.274. The molecule has 1 amide bonds. The molecule has 1 aromatic rings. The third-order valence-corrected chi connectivity index (χ3v) is 12.7. The number of benzene rings is 1. The smallest absolute Gasteiger partial charge is 0.268 e. The predicted octanol–water partition coefficient (Wildman–Crippen LogP) is 7.74. The number of amides is 1. The third-order valence-electron chi connectivity index (χ3n) is 6.76. The summed E-state index contributed by atoms with van der Waals surface area (Å²) in [6.45, 7) is 18.1. The molecule has 0 aromatic heterocycles. The van der Waals surface area contributed by atoms with Crippen molar-refractivity contribution < 1.29 is 4.79 Å². The molecule has 0 saturated heterocycles. The van der Waals surface area contributed by atoms with Gasteiger partial charge in [-0.25, -0.2) is 4.85 Å². The zero-order valence-electron chi connectivity index (χ0n) is 19.2. The minimum absolute atomic E-state index is 0.0934. The van der Waals surface area contributed by atoms with E-state index in [1.807, 2.05) is 26.0 Å². The van der Waals surface area contributed by atoms with E-state index < -0.39 is 7.26 Å². The number of carbonyl (C=O) groups excluding carboxylic acids is 1. The van der Waals surface area contributed by atoms with E-state index in [2.05, 4.69) is 30.9 Å². The minimum Gasteiger partial charge on any atom is -0.322 e. The summed E-state index contributed by atoms with van der Waals surface area (Å²) < 4.78 is 0. The van der Waals surface area contributed by atoms with Gasteiger partial charge in [-0.1, -0.05) is 52.2 Å². The fourth-order valence-corrected chi connectivity index (χ4v) is 11.1. The Morgan fingerprint density at radius 2 is 1.45 bits per heavy atom. The molecule has 1 aliphatic rings. The summed E-state index contributed by atoms with van der Waals surface area (Å²) >= 11 is 0. The molecule has 0 heterocycles. The first-order valence-corrected chi connectivity index (χ1v) is 13.9. The molecule has 1 aliphatic carbocycles. The molecule has 4 heteroatoms. The molecule has 1 aromatic carbocycles. The summed E-state index contributed by atoms with van der Waals surface area (Å²) in [6, 6.07) is 3.78. The fraction of sp³-hybridized carbons (Fsp3) is 0.680. The number of unbranched alkanes of at least 4 members (excludes halogenated alkanes) is 3. The highest BCUT2D eigenvalue weighted by atomic mass is 31.2. The van der Waals surface area contributed by atoms with E-state index in [0.717, 1.165) is 29.7 Å². The average Bonchev–Trinajstić information content (AvgIpc) is 3.52. The van der Waals surface area contributed by atoms with Crippen LogP contribution in [0.15, 0.2) is 12.1 Å². The molecule has 0 unspecified atom stereocenters. The fourth-order valence-electron chi connectivity index (χ4n) is 4.83. The standard InChI is InChI=1S/C25H39N2OP/c1-7-10-15-29(16-11-8-2,17-12-9-3)25(13-14-25)24(28)27-23-20(4)18-22(26-6)19-21(23)5/h18-19H,7-17H2,1-5H3/p+1. The summed E-state index contributed by atoms with van der Waals surface area (Å²) in [5.41, 5.74) is 3.57. The summed E-state index contributed by atoms with van der Waals surface area (Å²) in [4.78, 5) is 17.3. The topological polar surface area (TPSA) is 33.5 Å². The average molecular weight is 416 g/mol. The Labute approximate surface area is 179 Å². The monoisotopic (exact) mass is 415 g/mol. The number of hydrogen-bond acceptors (Lipinski definition) is 1. The summed E-state index contributed by atoms with van der Waals surface area (Å²) in [7, 11) is -1.34. The normalized spacial score (nSPS) is 15.0. The van der Waals surface area contributed by atoms with E-state index in [1.54, 1.807) is 0 Å². The van der Waals surface area contributed by atoms with Crippen molar-refractivity contribution in [1.82, 2.24) is 0 Å². The summed E-state index contributed by atoms with van der Waals surface area (Å²) in [5, 5.41) is 3.26. The second kappa shape index (κ2) is 10.6. The molecule has 1 saturated carbocycles. The number of aryl methyl sites for hydroxylation is 2. The van der Waals surface area contributed by atoms with E-state index in [4.69, 9.17) is 6.57 Å². The van der Waals surface area contributed by atoms with Gasteiger partial charge in [0.2, 0.25) is 0 Å². The van der Waals surface area contributed by atoms with Gasteiger partial charge in [-0.15, -0.1) is 0 Å². The molecular weight excluding hydrogens is 375 g/mol. The molecule has 0 atom stereocenters. The van der Waals surface area contributed by atoms with Gasteiger partial charge in [0.25, 0.3) is 5.91 Å². The highest BCUT2D eigenvalue weighted by molar-refractivity contribution is 7.78. The molecule has 29 heavy (non-hydrogen) atoms. The van der Waals surface area contributed by atoms with E-state index in [0.29, 0.717) is 5.69 Å². The van der Waals surface area contributed by atoms with Gasteiger partial charge < -0.3 is 5.32 Å². The Morgan fingerprint density at radius 3 is 1.79 bits per heavy atom. The van der Waals surface area contributed by atoms with Crippen molar-refractivity contribution in [3.63, 3.8) is 0 Å². The lowest BCUT2D eigenvalue weighted by atomic mass is 10.1. The van der Waals surface area contributed by atoms with Crippen LogP contribution in [0.5, 0.6) is 0 Å². The van der Waals surface area contributed by atoms with Gasteiger partial charge >= 0.3 is 0 Å². The van der Waals surface area contributed by atoms with E-state index in [-0.39, 0.29) is 11.1 Å². The molecule has 0 radical (unpaired) electrons. The quantitative estimate of drug-likeness (QED) is 0.275. The lowest BCUT2D eigenvalue weighted by Crippen LogP contribution is -2.36. The van der Waals surface area contributed by atoms with Gasteiger partial charge in [-0.3, -0.25) is 4.79 Å². The molecule has 1 fully saturated rings. The SMILES string of the molecule is [C-]#[N+]c1cc(C)c(NC(=O)C2([P+](CCCC)(CCCC)CCCC)CC2)c(C)c1. The second-order valence-corrected chi connectivity index (χ2v) is 13.4. The van der Waals surface area contributed by atoms with Crippen LogP contribution in [0.1, 0.15) is 83.3 Å². The molecule has 0 spiro atoms. The second-order valence-electron chi connectivity index (χ2n) is 8.93. The number of nitrogens with one attached hydrogen (secondary N) is 1. The maximum absolute atomic E-state index is 13.7. The zero-order valence-corrected chi connectivity index (χ0v) is 20.1. The lowest BCUT2D eigenvalue weighted by Gasteiger charge is -2.35. The Hall–Kier alpha value is -1.39. The van der Waals surface area contributed by atoms with Crippen LogP contribution in [0.25, 0.3) is 4.85 Å². The predicted molar refractivity (Wildman–Crippen MR) is 129 cm³/mol. The number of rotatable bonds is 12. The van der Waals surface area contributed by atoms with Crippen LogP contribution in [-0.4, -0.2) is 29.5 Å². The Kier molecular flexibility index (Phi) is 8.72. The third kappa shape index (κ3) is 5.21. The molecule has 0 bridgehead atoms. The zero-order chi connectivity index (χ0) is 21.5. The largest absolute Gasteiger partial charge is 0.322 e. The Morgan fingerprint density at radius 1 is 1.00 bits per heavy atom. The van der Waals surface area contributed by atoms with Crippen molar-refractivity contribution in [2.75, 3.05) is 23.8 Å². The van der Waals surface area contributed by atoms with E-state index in [9.17, 15) is 4.79 Å². The van der Waals surface area contributed by atoms with Gasteiger partial charge in [-0.2, -0.15) is 0 Å². The van der Waals surface area contributed by atoms with Crippen LogP contribution in [0, 0.1) is 20.4 Å². The number of hydrogen-bond donors (Lipinski definition) is 1. The molecule has 3 nitrogen and oxygen atoms in total. The Balaban J connectivity index is 2.35. The first kappa shape index (κ1) is 23.9. The molecule has 0 aliphatic heterocycles. The van der Waals surface area contributed by atoms with Gasteiger partial charge in [0, 0.05) is 25.8 Å². The molecule has 160 valence electrons. The number of anilines is 1. The van der Waals surface area contributed by atoms with Gasteiger partial charge in [0.05, 0.1) is 25.1 Å². The van der Waals surface area contributed by atoms with E-state index >= 15 is 0 Å². The maximum atomic E-state index is 13.7. The lowest BCUT2D eigenvalue weighted by molar-refractivity contribution is -0.116. The summed E-state index contributed by atoms with van der Waals surface area (Å²) in [6.07, 6.45) is 13.4. The van der Waals surface area contributed by atoms with Crippen molar-refractivity contribution in [3.05, 3.63) is 34.7 Å². The van der Waals surface area contributed by atoms with Gasteiger partial charge in [0.15, 0.2) is 10.8 Å². The van der Waals surface area contributed by atoms with Gasteiger partial charge in [0.1, 0.15) is 0 Å². The van der Waals surface area contributed by atoms with Crippen molar-refractivity contribution in [1.29, 1.82) is 0 Å². The van der Waals surface area contributed by atoms with Gasteiger partial charge in [-0.05, 0) is 44.2 Å². The molecule has 1 N–H and O–H groups in total. The van der Waals surface area contributed by atoms with Crippen molar-refractivity contribution in [2.24, 2.45) is 0 Å². The highest BCUT2D eigenvalue weighted by Crippen LogP contribution is 2.79. The highest BCUT2D eigenvalue weighted by Gasteiger charge is 2.69. The molecular formula is C25H40N2OP+. The first-order valence-electron chi connectivity index (χ1n) is 11.6. The Bertz CT molecular complexity index is 701. The van der Waals surface area contributed by atoms with Crippen LogP contribution in [0.3, 0.4) is 0 Å². The number of nitrogens with zero attached hydrogens (tertiary/aromatic N) is 1. The molecule has 2 rings (SSSR count). The van der Waals surface area contributed by atoms with Crippen molar-refractivity contribution in [3.8, 4) is 0 Å². The van der Waals surface area contributed by atoms with Crippen LogP contribution in [0.2, 0.25) is 0 Å². The first-order chi connectivity index (χ1) is 13.9. The van der Waals surface area contributed by atoms with E-state index in [1.165, 1.54) is 57.0 Å². The number of carbonyl (C=O) groups is 1. The van der Waals surface area contributed by atoms with Crippen LogP contribution in [0.4, 0.5) is 11.4 Å². The van der Waals surface area contributed by atoms with Crippen molar-refractivity contribution >= 4 is 24.5 Å². The maximum Gasteiger partial charge on any atom is 0.268 e. The van der Waals surface area contributed by atoms with Crippen LogP contribution < -0.4 is 5.32 Å². The van der Waals surface area contributed by atoms with Crippen LogP contribution in [-0.2, 0) is 4.79 Å². The minimum atomic E-state index is -1.34. The van der Waals surface area contributed by atoms with Crippen molar-refractivity contribution in [2.45, 2.75) is 91.1 Å².